The zero-order valence-electron chi connectivity index (χ0n) is 16.0. The topological polar surface area (TPSA) is 99.8 Å². The van der Waals surface area contributed by atoms with Gasteiger partial charge in [0.2, 0.25) is 0 Å². The lowest BCUT2D eigenvalue weighted by molar-refractivity contribution is 0.242. The molecule has 8 nitrogen and oxygen atoms in total. The number of nitrogens with zero attached hydrogens (tertiary/aromatic N) is 4. The first kappa shape index (κ1) is 17.6. The van der Waals surface area contributed by atoms with Gasteiger partial charge >= 0.3 is 0 Å². The largest absolute Gasteiger partial charge is 0.497 e. The number of nitrogens with one attached hydrogen (secondary N) is 2. The molecule has 29 heavy (non-hydrogen) atoms. The van der Waals surface area contributed by atoms with Crippen LogP contribution in [0.4, 0.5) is 0 Å². The summed E-state index contributed by atoms with van der Waals surface area (Å²) in [6.45, 7) is 2.16. The van der Waals surface area contributed by atoms with Crippen molar-refractivity contribution in [2.45, 2.75) is 19.5 Å². The van der Waals surface area contributed by atoms with Crippen LogP contribution in [0.3, 0.4) is 0 Å². The van der Waals surface area contributed by atoms with Gasteiger partial charge in [0.25, 0.3) is 5.56 Å². The molecular weight excluding hydrogens is 368 g/mol. The number of aromatic amines is 2. The molecule has 0 amide bonds. The molecule has 146 valence electrons. The van der Waals surface area contributed by atoms with Crippen molar-refractivity contribution in [3.63, 3.8) is 0 Å². The van der Waals surface area contributed by atoms with Crippen molar-refractivity contribution in [1.82, 2.24) is 29.8 Å². The Morgan fingerprint density at radius 2 is 2.10 bits per heavy atom. The fourth-order valence-electron chi connectivity index (χ4n) is 3.83. The summed E-state index contributed by atoms with van der Waals surface area (Å²) in [5.74, 6) is 1.35. The minimum Gasteiger partial charge on any atom is -0.497 e. The summed E-state index contributed by atoms with van der Waals surface area (Å²) in [5, 5.41) is 1.14. The molecule has 0 radical (unpaired) electrons. The van der Waals surface area contributed by atoms with Crippen LogP contribution in [-0.4, -0.2) is 43.5 Å². The predicted molar refractivity (Wildman–Crippen MR) is 109 cm³/mol. The highest BCUT2D eigenvalue weighted by atomic mass is 16.5. The lowest BCUT2D eigenvalue weighted by atomic mass is 10.1. The fourth-order valence-corrected chi connectivity index (χ4v) is 3.83. The summed E-state index contributed by atoms with van der Waals surface area (Å²) >= 11 is 0. The van der Waals surface area contributed by atoms with Gasteiger partial charge in [0, 0.05) is 55.5 Å². The molecule has 1 aliphatic rings. The maximum atomic E-state index is 12.7. The molecule has 1 aromatic carbocycles. The molecule has 1 aliphatic heterocycles. The minimum absolute atomic E-state index is 0.0980. The van der Waals surface area contributed by atoms with Crippen LogP contribution in [0.1, 0.15) is 16.8 Å². The number of ether oxygens (including phenoxy) is 1. The number of H-pyrrole nitrogens is 2. The second-order valence-corrected chi connectivity index (χ2v) is 7.15. The van der Waals surface area contributed by atoms with Crippen molar-refractivity contribution in [1.29, 1.82) is 0 Å². The van der Waals surface area contributed by atoms with Gasteiger partial charge in [0.1, 0.15) is 17.9 Å². The van der Waals surface area contributed by atoms with E-state index in [0.717, 1.165) is 47.4 Å². The van der Waals surface area contributed by atoms with Crippen LogP contribution in [-0.2, 0) is 19.5 Å². The quantitative estimate of drug-likeness (QED) is 0.556. The lowest BCUT2D eigenvalue weighted by Crippen LogP contribution is -2.35. The van der Waals surface area contributed by atoms with E-state index in [9.17, 15) is 4.79 Å². The average molecular weight is 388 g/mol. The van der Waals surface area contributed by atoms with E-state index in [-0.39, 0.29) is 5.56 Å². The number of hydrogen-bond acceptors (Lipinski definition) is 6. The molecule has 4 aromatic rings. The van der Waals surface area contributed by atoms with Crippen LogP contribution < -0.4 is 10.3 Å². The Morgan fingerprint density at radius 3 is 2.93 bits per heavy atom. The van der Waals surface area contributed by atoms with Crippen LogP contribution in [0.5, 0.6) is 5.75 Å². The van der Waals surface area contributed by atoms with E-state index in [2.05, 4.69) is 29.8 Å². The van der Waals surface area contributed by atoms with Crippen molar-refractivity contribution >= 4 is 10.9 Å². The normalized spacial score (nSPS) is 14.1. The Labute approximate surface area is 166 Å². The van der Waals surface area contributed by atoms with Gasteiger partial charge in [0.15, 0.2) is 0 Å². The molecule has 4 heterocycles. The van der Waals surface area contributed by atoms with E-state index in [1.807, 2.05) is 24.4 Å². The Kier molecular flexibility index (Phi) is 4.33. The highest BCUT2D eigenvalue weighted by Gasteiger charge is 2.22. The van der Waals surface area contributed by atoms with Gasteiger partial charge in [-0.3, -0.25) is 9.69 Å². The van der Waals surface area contributed by atoms with Crippen LogP contribution in [0.15, 0.2) is 47.9 Å². The van der Waals surface area contributed by atoms with Crippen LogP contribution in [0.25, 0.3) is 22.3 Å². The molecule has 0 saturated carbocycles. The van der Waals surface area contributed by atoms with Gasteiger partial charge in [-0.1, -0.05) is 0 Å². The monoisotopic (exact) mass is 388 g/mol. The first-order valence-corrected chi connectivity index (χ1v) is 9.45. The number of aromatic nitrogens is 5. The third-order valence-electron chi connectivity index (χ3n) is 5.35. The molecule has 3 aromatic heterocycles. The maximum Gasteiger partial charge on any atom is 0.255 e. The zero-order chi connectivity index (χ0) is 19.8. The molecule has 5 rings (SSSR count). The van der Waals surface area contributed by atoms with Gasteiger partial charge in [-0.2, -0.15) is 0 Å². The average Bonchev–Trinajstić information content (AvgIpc) is 3.16. The van der Waals surface area contributed by atoms with Crippen LogP contribution in [0.2, 0.25) is 0 Å². The molecule has 0 spiro atoms. The molecule has 0 bridgehead atoms. The number of rotatable bonds is 4. The molecule has 2 N–H and O–H groups in total. The second kappa shape index (κ2) is 7.14. The maximum absolute atomic E-state index is 12.7. The fraction of sp³-hybridized carbons (Fsp3) is 0.238. The van der Waals surface area contributed by atoms with Crippen molar-refractivity contribution in [3.8, 4) is 17.1 Å². The summed E-state index contributed by atoms with van der Waals surface area (Å²) in [7, 11) is 1.67. The van der Waals surface area contributed by atoms with Gasteiger partial charge < -0.3 is 14.7 Å². The number of benzene rings is 1. The molecule has 8 heteroatoms. The van der Waals surface area contributed by atoms with E-state index >= 15 is 0 Å². The first-order chi connectivity index (χ1) is 14.2. The molecule has 0 fully saturated rings. The van der Waals surface area contributed by atoms with Gasteiger partial charge in [0.05, 0.1) is 23.9 Å². The Hall–Kier alpha value is -3.52. The summed E-state index contributed by atoms with van der Waals surface area (Å²) < 4.78 is 5.36. The third kappa shape index (κ3) is 3.27. The van der Waals surface area contributed by atoms with E-state index < -0.39 is 0 Å². The molecule has 0 aliphatic carbocycles. The van der Waals surface area contributed by atoms with Gasteiger partial charge in [-0.05, 0) is 23.8 Å². The standard InChI is InChI=1S/C21H20N6O2/c1-29-15-2-3-18-16(6-15)14(9-24-18)10-27-5-4-19-17(11-27)21(28)26-20(25-19)13-7-22-12-23-8-13/h2-3,6-9,12,24H,4-5,10-11H2,1H3,(H,25,26,28). The molecular formula is C21H20N6O2. The van der Waals surface area contributed by atoms with Gasteiger partial charge in [-0.15, -0.1) is 0 Å². The summed E-state index contributed by atoms with van der Waals surface area (Å²) in [6, 6.07) is 6.01. The van der Waals surface area contributed by atoms with Crippen LogP contribution >= 0.6 is 0 Å². The van der Waals surface area contributed by atoms with Crippen molar-refractivity contribution in [2.24, 2.45) is 0 Å². The van der Waals surface area contributed by atoms with E-state index in [1.165, 1.54) is 11.9 Å². The zero-order valence-corrected chi connectivity index (χ0v) is 16.0. The SMILES string of the molecule is COc1ccc2[nH]cc(CN3CCc4nc(-c5cncnc5)[nH]c(=O)c4C3)c2c1. The number of fused-ring (bicyclic) bond motifs is 2. The van der Waals surface area contributed by atoms with Gasteiger partial charge in [-0.25, -0.2) is 15.0 Å². The summed E-state index contributed by atoms with van der Waals surface area (Å²) in [5.41, 5.74) is 4.46. The second-order valence-electron chi connectivity index (χ2n) is 7.15. The van der Waals surface area contributed by atoms with E-state index in [1.54, 1.807) is 19.5 Å². The molecule has 0 saturated heterocycles. The molecule has 0 unspecified atom stereocenters. The van der Waals surface area contributed by atoms with Crippen LogP contribution in [0, 0.1) is 0 Å². The highest BCUT2D eigenvalue weighted by Crippen LogP contribution is 2.26. The van der Waals surface area contributed by atoms with Crippen molar-refractivity contribution in [3.05, 3.63) is 70.3 Å². The highest BCUT2D eigenvalue weighted by molar-refractivity contribution is 5.84. The smallest absolute Gasteiger partial charge is 0.255 e. The van der Waals surface area contributed by atoms with E-state index in [0.29, 0.717) is 17.9 Å². The molecule has 0 atom stereocenters. The summed E-state index contributed by atoms with van der Waals surface area (Å²) in [6.07, 6.45) is 7.51. The third-order valence-corrected chi connectivity index (χ3v) is 5.35. The number of methoxy groups -OCH3 is 1. The Balaban J connectivity index is 1.41. The number of hydrogen-bond donors (Lipinski definition) is 2. The first-order valence-electron chi connectivity index (χ1n) is 9.45. The summed E-state index contributed by atoms with van der Waals surface area (Å²) in [4.78, 5) is 33.8. The van der Waals surface area contributed by atoms with E-state index in [4.69, 9.17) is 4.74 Å². The lowest BCUT2D eigenvalue weighted by Gasteiger charge is -2.27. The Morgan fingerprint density at radius 1 is 1.24 bits per heavy atom. The van der Waals surface area contributed by atoms with Crippen molar-refractivity contribution < 1.29 is 4.74 Å². The minimum atomic E-state index is -0.0980. The predicted octanol–water partition coefficient (Wildman–Crippen LogP) is 2.28. The van der Waals surface area contributed by atoms with Crippen molar-refractivity contribution in [2.75, 3.05) is 13.7 Å². The Bertz CT molecular complexity index is 1230.